The fraction of sp³-hybridized carbons (Fsp3) is 0.370. The average Bonchev–Trinajstić information content (AvgIpc) is 2.90. The summed E-state index contributed by atoms with van der Waals surface area (Å²) in [6, 6.07) is 2.18. The van der Waals surface area contributed by atoms with Gasteiger partial charge in [0.2, 0.25) is 5.12 Å². The second-order valence-corrected chi connectivity index (χ2v) is 11.7. The van der Waals surface area contributed by atoms with Crippen LogP contribution in [-0.4, -0.2) is 96.1 Å². The van der Waals surface area contributed by atoms with Crippen LogP contribution in [0.4, 0.5) is 0 Å². The fourth-order valence-electron chi connectivity index (χ4n) is 6.31. The molecule has 0 aliphatic heterocycles. The molecule has 0 radical (unpaired) electrons. The van der Waals surface area contributed by atoms with Crippen LogP contribution in [0.5, 0.6) is 5.75 Å². The number of phenols is 1. The molecule has 0 bridgehead atoms. The second-order valence-electron chi connectivity index (χ2n) is 10.5. The number of nitrogens with two attached hydrogens (primary N) is 3. The summed E-state index contributed by atoms with van der Waals surface area (Å²) in [7, 11) is 2.57. The molecule has 6 atom stereocenters. The van der Waals surface area contributed by atoms with Gasteiger partial charge < -0.3 is 42.7 Å². The first-order chi connectivity index (χ1) is 19.5. The highest BCUT2D eigenvalue weighted by Crippen LogP contribution is 2.60. The van der Waals surface area contributed by atoms with E-state index in [2.05, 4.69) is 0 Å². The molecule has 1 fully saturated rings. The SMILES string of the molecule is CCSC(=O)/C=C/c1ccc2c(c1O)C(O)=C1C(=O)[C@]3(C#N)C(O)=C(C(N)=O)C(=O)[C@@H](N(C)C)[C@]3(N)[C@@H](O)[C@]1(N)[C@H]2O. The summed E-state index contributed by atoms with van der Waals surface area (Å²) in [5.74, 6) is -7.00. The topological polar surface area (TPSA) is 275 Å². The van der Waals surface area contributed by atoms with Crippen LogP contribution in [0.25, 0.3) is 11.8 Å². The number of thioether (sulfide) groups is 1. The standard InChI is InChI=1S/C27H29N5O9S/c1-4-42-12(33)8-6-10-5-7-11-13(16(10)34)17(35)15-22(39)25(9-28)21(38)14(23(29)40)18(36)19(32(2)3)27(25,31)24(41)26(15,30)20(11)37/h5-8,19-20,24,34-35,37-38,41H,4,30-31H2,1-3H3,(H2,29,40)/b8-6+/t19-,20+,24+,25+,26-,27+/m1/s1. The van der Waals surface area contributed by atoms with Gasteiger partial charge in [-0.25, -0.2) is 0 Å². The van der Waals surface area contributed by atoms with Gasteiger partial charge in [-0.1, -0.05) is 30.8 Å². The lowest BCUT2D eigenvalue weighted by molar-refractivity contribution is -0.158. The minimum absolute atomic E-state index is 0.00987. The summed E-state index contributed by atoms with van der Waals surface area (Å²) in [4.78, 5) is 53.1. The van der Waals surface area contributed by atoms with Crippen LogP contribution in [0.2, 0.25) is 0 Å². The zero-order chi connectivity index (χ0) is 31.7. The van der Waals surface area contributed by atoms with E-state index in [0.717, 1.165) is 22.7 Å². The molecule has 3 aliphatic carbocycles. The van der Waals surface area contributed by atoms with Crippen molar-refractivity contribution >= 4 is 46.2 Å². The molecule has 15 heteroatoms. The predicted molar refractivity (Wildman–Crippen MR) is 149 cm³/mol. The number of fused-ring (bicyclic) bond motifs is 3. The Morgan fingerprint density at radius 1 is 1.17 bits per heavy atom. The monoisotopic (exact) mass is 599 g/mol. The number of carbonyl (C=O) groups is 4. The number of nitrogens with zero attached hydrogens (tertiary/aromatic N) is 2. The third-order valence-corrected chi connectivity index (χ3v) is 8.88. The lowest BCUT2D eigenvalue weighted by Crippen LogP contribution is -2.87. The third kappa shape index (κ3) is 3.57. The number of rotatable bonds is 5. The van der Waals surface area contributed by atoms with Gasteiger partial charge in [-0.3, -0.25) is 24.1 Å². The number of hydrogen-bond acceptors (Lipinski definition) is 14. The minimum atomic E-state index is -3.13. The van der Waals surface area contributed by atoms with Crippen LogP contribution in [0.1, 0.15) is 29.7 Å². The number of phenolic OH excluding ortho intramolecular Hbond substituents is 1. The summed E-state index contributed by atoms with van der Waals surface area (Å²) in [5.41, 5.74) is 6.91. The van der Waals surface area contributed by atoms with Gasteiger partial charge in [-0.05, 0) is 37.6 Å². The summed E-state index contributed by atoms with van der Waals surface area (Å²) in [6.45, 7) is 1.76. The minimum Gasteiger partial charge on any atom is -0.509 e. The van der Waals surface area contributed by atoms with E-state index in [1.54, 1.807) is 6.92 Å². The van der Waals surface area contributed by atoms with E-state index in [0.29, 0.717) is 5.75 Å². The van der Waals surface area contributed by atoms with Crippen LogP contribution in [-0.2, 0) is 19.2 Å². The normalized spacial score (nSPS) is 32.5. The number of nitriles is 1. The van der Waals surface area contributed by atoms with Crippen molar-refractivity contribution in [3.63, 3.8) is 0 Å². The van der Waals surface area contributed by atoms with Gasteiger partial charge in [0.05, 0.1) is 23.2 Å². The van der Waals surface area contributed by atoms with Gasteiger partial charge in [0, 0.05) is 5.56 Å². The maximum Gasteiger partial charge on any atom is 0.255 e. The molecule has 42 heavy (non-hydrogen) atoms. The Morgan fingerprint density at radius 2 is 1.79 bits per heavy atom. The summed E-state index contributed by atoms with van der Waals surface area (Å²) in [6.07, 6.45) is -2.13. The van der Waals surface area contributed by atoms with E-state index in [9.17, 15) is 50.0 Å². The molecule has 1 amide bonds. The first-order valence-corrected chi connectivity index (χ1v) is 13.5. The van der Waals surface area contributed by atoms with Gasteiger partial charge >= 0.3 is 0 Å². The van der Waals surface area contributed by atoms with E-state index in [1.807, 2.05) is 0 Å². The number of aromatic hydroxyl groups is 1. The highest BCUT2D eigenvalue weighted by atomic mass is 32.2. The highest BCUT2D eigenvalue weighted by Gasteiger charge is 2.79. The van der Waals surface area contributed by atoms with Crippen LogP contribution in [0.3, 0.4) is 0 Å². The lowest BCUT2D eigenvalue weighted by Gasteiger charge is -2.61. The Hall–Kier alpha value is -4.04. The van der Waals surface area contributed by atoms with Gasteiger partial charge in [0.25, 0.3) is 5.91 Å². The van der Waals surface area contributed by atoms with Gasteiger partial charge in [-0.2, -0.15) is 5.26 Å². The number of likely N-dealkylation sites (N-methyl/N-ethyl adjacent to an activating group) is 1. The van der Waals surface area contributed by atoms with Gasteiger partial charge in [0.15, 0.2) is 17.0 Å². The maximum absolute atomic E-state index is 14.4. The lowest BCUT2D eigenvalue weighted by atomic mass is 9.45. The van der Waals surface area contributed by atoms with E-state index in [-0.39, 0.29) is 16.2 Å². The molecule has 4 rings (SSSR count). The number of Topliss-reactive ketones (excluding diaryl/α,β-unsaturated/α-hetero) is 2. The molecule has 1 saturated carbocycles. The number of ketones is 2. The molecule has 222 valence electrons. The van der Waals surface area contributed by atoms with Gasteiger partial charge in [0.1, 0.15) is 46.1 Å². The van der Waals surface area contributed by atoms with Crippen molar-refractivity contribution in [2.75, 3.05) is 19.8 Å². The molecule has 0 heterocycles. The Balaban J connectivity index is 2.11. The predicted octanol–water partition coefficient (Wildman–Crippen LogP) is -1.34. The Bertz CT molecular complexity index is 1590. The van der Waals surface area contributed by atoms with E-state index < -0.39 is 86.2 Å². The quantitative estimate of drug-likeness (QED) is 0.144. The van der Waals surface area contributed by atoms with Crippen molar-refractivity contribution in [3.8, 4) is 11.8 Å². The summed E-state index contributed by atoms with van der Waals surface area (Å²) in [5, 5.41) is 67.2. The number of amides is 1. The largest absolute Gasteiger partial charge is 0.509 e. The first-order valence-electron chi connectivity index (χ1n) is 12.5. The third-order valence-electron chi connectivity index (χ3n) is 8.17. The van der Waals surface area contributed by atoms with Crippen LogP contribution in [0.15, 0.2) is 35.1 Å². The smallest absolute Gasteiger partial charge is 0.255 e. The zero-order valence-corrected chi connectivity index (χ0v) is 23.5. The fourth-order valence-corrected chi connectivity index (χ4v) is 6.76. The molecule has 11 N–H and O–H groups in total. The van der Waals surface area contributed by atoms with E-state index >= 15 is 0 Å². The van der Waals surface area contributed by atoms with Gasteiger partial charge in [-0.15, -0.1) is 0 Å². The summed E-state index contributed by atoms with van der Waals surface area (Å²) >= 11 is 0.992. The van der Waals surface area contributed by atoms with Crippen molar-refractivity contribution < 1.29 is 44.7 Å². The van der Waals surface area contributed by atoms with Crippen LogP contribution >= 0.6 is 11.8 Å². The second kappa shape index (κ2) is 10.1. The Kier molecular flexibility index (Phi) is 7.40. The van der Waals surface area contributed by atoms with E-state index in [4.69, 9.17) is 17.2 Å². The number of aliphatic hydroxyl groups excluding tert-OH is 4. The highest BCUT2D eigenvalue weighted by molar-refractivity contribution is 8.14. The van der Waals surface area contributed by atoms with E-state index in [1.165, 1.54) is 38.4 Å². The molecule has 1 aromatic rings. The molecular weight excluding hydrogens is 570 g/mol. The average molecular weight is 600 g/mol. The van der Waals surface area contributed by atoms with Crippen molar-refractivity contribution in [2.24, 2.45) is 22.6 Å². The molecular formula is C27H29N5O9S. The molecule has 0 spiro atoms. The zero-order valence-electron chi connectivity index (χ0n) is 22.7. The maximum atomic E-state index is 14.4. The number of aliphatic hydroxyl groups is 4. The molecule has 0 unspecified atom stereocenters. The molecule has 3 aliphatic rings. The van der Waals surface area contributed by atoms with Crippen LogP contribution in [0, 0.1) is 16.7 Å². The first kappa shape index (κ1) is 30.9. The van der Waals surface area contributed by atoms with Crippen molar-refractivity contribution in [1.82, 2.24) is 4.90 Å². The Morgan fingerprint density at radius 3 is 2.31 bits per heavy atom. The number of hydrogen-bond donors (Lipinski definition) is 8. The van der Waals surface area contributed by atoms with Crippen LogP contribution < -0.4 is 17.2 Å². The van der Waals surface area contributed by atoms with Crippen molar-refractivity contribution in [3.05, 3.63) is 51.8 Å². The number of carbonyl (C=O) groups excluding carboxylic acids is 4. The number of benzene rings is 1. The molecule has 0 aromatic heterocycles. The Labute approximate surface area is 243 Å². The number of primary amides is 1. The van der Waals surface area contributed by atoms with Crippen molar-refractivity contribution in [1.29, 1.82) is 5.26 Å². The molecule has 1 aromatic carbocycles. The van der Waals surface area contributed by atoms with Crippen molar-refractivity contribution in [2.45, 2.75) is 36.3 Å². The molecule has 14 nitrogen and oxygen atoms in total. The summed E-state index contributed by atoms with van der Waals surface area (Å²) < 4.78 is 0. The molecule has 0 saturated heterocycles.